The molecule has 0 aliphatic carbocycles. The van der Waals surface area contributed by atoms with E-state index < -0.39 is 0 Å². The minimum absolute atomic E-state index is 0. The third kappa shape index (κ3) is 5.25. The van der Waals surface area contributed by atoms with Gasteiger partial charge in [-0.2, -0.15) is 5.10 Å². The van der Waals surface area contributed by atoms with Gasteiger partial charge in [-0.25, -0.2) is 4.98 Å². The Labute approximate surface area is 185 Å². The molecule has 0 saturated carbocycles. The van der Waals surface area contributed by atoms with Crippen LogP contribution in [-0.2, 0) is 7.05 Å². The van der Waals surface area contributed by atoms with Gasteiger partial charge in [-0.1, -0.05) is 6.92 Å². The first-order valence-corrected chi connectivity index (χ1v) is 9.57. The number of rotatable bonds is 5. The average Bonchev–Trinajstić information content (AvgIpc) is 3.31. The molecule has 0 aromatic carbocycles. The second kappa shape index (κ2) is 10.2. The highest BCUT2D eigenvalue weighted by atomic mass is 127. The highest BCUT2D eigenvalue weighted by Crippen LogP contribution is 2.27. The molecule has 1 saturated heterocycles. The number of guanidine groups is 1. The molecule has 0 radical (unpaired) electrons. The van der Waals surface area contributed by atoms with Gasteiger partial charge in [0.2, 0.25) is 0 Å². The highest BCUT2D eigenvalue weighted by Gasteiger charge is 2.29. The van der Waals surface area contributed by atoms with Crippen molar-refractivity contribution in [1.29, 1.82) is 0 Å². The summed E-state index contributed by atoms with van der Waals surface area (Å²) in [7, 11) is 8.01. The largest absolute Gasteiger partial charge is 0.354 e. The van der Waals surface area contributed by atoms with Gasteiger partial charge in [0.1, 0.15) is 0 Å². The van der Waals surface area contributed by atoms with E-state index in [2.05, 4.69) is 68.2 Å². The fourth-order valence-corrected chi connectivity index (χ4v) is 3.83. The number of hydrogen-bond donors (Lipinski definition) is 1. The Balaban J connectivity index is 0.00000280. The molecule has 1 aliphatic heterocycles. The summed E-state index contributed by atoms with van der Waals surface area (Å²) in [6.45, 7) is 5.07. The van der Waals surface area contributed by atoms with Crippen LogP contribution in [0.15, 0.2) is 36.1 Å². The van der Waals surface area contributed by atoms with E-state index in [1.807, 2.05) is 37.5 Å². The van der Waals surface area contributed by atoms with Crippen LogP contribution >= 0.6 is 24.0 Å². The fourth-order valence-electron chi connectivity index (χ4n) is 3.83. The zero-order chi connectivity index (χ0) is 19.4. The second-order valence-electron chi connectivity index (χ2n) is 7.64. The number of likely N-dealkylation sites (tertiary alicyclic amines) is 1. The molecule has 0 amide bonds. The number of imidazole rings is 1. The minimum Gasteiger partial charge on any atom is -0.354 e. The van der Waals surface area contributed by atoms with E-state index in [9.17, 15) is 0 Å². The first-order valence-electron chi connectivity index (χ1n) is 9.57. The van der Waals surface area contributed by atoms with Gasteiger partial charge in [-0.3, -0.25) is 9.67 Å². The summed E-state index contributed by atoms with van der Waals surface area (Å²) in [4.78, 5) is 13.3. The van der Waals surface area contributed by atoms with Crippen LogP contribution in [0.1, 0.15) is 31.0 Å². The third-order valence-electron chi connectivity index (χ3n) is 5.52. The molecule has 1 N–H and O–H groups in total. The number of halogens is 1. The van der Waals surface area contributed by atoms with Gasteiger partial charge < -0.3 is 19.7 Å². The van der Waals surface area contributed by atoms with E-state index in [0.717, 1.165) is 32.0 Å². The lowest BCUT2D eigenvalue weighted by atomic mass is 9.93. The van der Waals surface area contributed by atoms with Gasteiger partial charge >= 0.3 is 0 Å². The molecule has 8 nitrogen and oxygen atoms in total. The minimum atomic E-state index is 0. The Kier molecular flexibility index (Phi) is 8.29. The monoisotopic (exact) mass is 500 g/mol. The van der Waals surface area contributed by atoms with E-state index in [1.54, 1.807) is 0 Å². The number of aryl methyl sites for hydroxylation is 1. The SMILES string of the molecule is CN=C(NCC(c1cnn(C)c1)N(C)C)N1CCC(C)C(n2ccnc2)C1.I. The molecule has 28 heavy (non-hydrogen) atoms. The maximum Gasteiger partial charge on any atom is 0.193 e. The number of nitrogens with zero attached hydrogens (tertiary/aromatic N) is 7. The summed E-state index contributed by atoms with van der Waals surface area (Å²) >= 11 is 0. The van der Waals surface area contributed by atoms with Crippen molar-refractivity contribution < 1.29 is 0 Å². The van der Waals surface area contributed by atoms with E-state index in [4.69, 9.17) is 0 Å². The maximum atomic E-state index is 4.55. The molecule has 3 rings (SSSR count). The van der Waals surface area contributed by atoms with Crippen LogP contribution in [0.3, 0.4) is 0 Å². The van der Waals surface area contributed by atoms with Crippen LogP contribution in [0.2, 0.25) is 0 Å². The molecule has 1 fully saturated rings. The Morgan fingerprint density at radius 3 is 2.79 bits per heavy atom. The standard InChI is InChI=1S/C19H32N8.HI/c1-15-6-8-26(13-18(15)27-9-7-21-14-27)19(20-2)22-11-17(24(3)4)16-10-23-25(5)12-16;/h7,9-10,12,14-15,17-18H,6,8,11,13H2,1-5H3,(H,20,22);1H. The lowest BCUT2D eigenvalue weighted by molar-refractivity contribution is 0.187. The smallest absolute Gasteiger partial charge is 0.193 e. The molecule has 1 aliphatic rings. The van der Waals surface area contributed by atoms with Gasteiger partial charge in [0.05, 0.1) is 24.6 Å². The normalized spacial score (nSPS) is 21.5. The van der Waals surface area contributed by atoms with E-state index >= 15 is 0 Å². The van der Waals surface area contributed by atoms with Crippen LogP contribution < -0.4 is 5.32 Å². The van der Waals surface area contributed by atoms with Gasteiger partial charge in [0.25, 0.3) is 0 Å². The van der Waals surface area contributed by atoms with Crippen molar-refractivity contribution in [3.8, 4) is 0 Å². The van der Waals surface area contributed by atoms with E-state index in [1.165, 1.54) is 5.56 Å². The molecular weight excluding hydrogens is 467 g/mol. The molecule has 3 atom stereocenters. The number of aromatic nitrogens is 4. The summed E-state index contributed by atoms with van der Waals surface area (Å²) in [5.74, 6) is 1.58. The predicted molar refractivity (Wildman–Crippen MR) is 123 cm³/mol. The van der Waals surface area contributed by atoms with E-state index in [-0.39, 0.29) is 30.0 Å². The van der Waals surface area contributed by atoms with Crippen molar-refractivity contribution in [3.05, 3.63) is 36.7 Å². The quantitative estimate of drug-likeness (QED) is 0.387. The highest BCUT2D eigenvalue weighted by molar-refractivity contribution is 14.0. The second-order valence-corrected chi connectivity index (χ2v) is 7.64. The number of aliphatic imine (C=N–C) groups is 1. The summed E-state index contributed by atoms with van der Waals surface area (Å²) in [5.41, 5.74) is 1.20. The van der Waals surface area contributed by atoms with Gasteiger partial charge in [0.15, 0.2) is 5.96 Å². The number of nitrogens with one attached hydrogen (secondary N) is 1. The van der Waals surface area contributed by atoms with Crippen LogP contribution in [0.25, 0.3) is 0 Å². The average molecular weight is 500 g/mol. The number of hydrogen-bond acceptors (Lipinski definition) is 4. The number of piperidine rings is 1. The fraction of sp³-hybridized carbons (Fsp3) is 0.632. The first kappa shape index (κ1) is 22.7. The van der Waals surface area contributed by atoms with Crippen molar-refractivity contribution >= 4 is 29.9 Å². The molecule has 2 aromatic heterocycles. The summed E-state index contributed by atoms with van der Waals surface area (Å²) in [5, 5.41) is 7.90. The molecule has 9 heteroatoms. The molecular formula is C19H33IN8. The Hall–Kier alpha value is -1.62. The van der Waals surface area contributed by atoms with Crippen molar-refractivity contribution in [2.75, 3.05) is 40.8 Å². The van der Waals surface area contributed by atoms with Crippen molar-refractivity contribution in [2.45, 2.75) is 25.4 Å². The predicted octanol–water partition coefficient (Wildman–Crippen LogP) is 2.00. The molecule has 0 bridgehead atoms. The van der Waals surface area contributed by atoms with Crippen molar-refractivity contribution in [3.63, 3.8) is 0 Å². The summed E-state index contributed by atoms with van der Waals surface area (Å²) in [6, 6.07) is 0.659. The van der Waals surface area contributed by atoms with Gasteiger partial charge in [0, 0.05) is 57.9 Å². The summed E-state index contributed by atoms with van der Waals surface area (Å²) in [6.07, 6.45) is 11.0. The first-order chi connectivity index (χ1) is 13.0. The lowest BCUT2D eigenvalue weighted by Gasteiger charge is -2.39. The lowest BCUT2D eigenvalue weighted by Crippen LogP contribution is -2.50. The molecule has 0 spiro atoms. The van der Waals surface area contributed by atoms with Gasteiger partial charge in [-0.05, 0) is 26.4 Å². The van der Waals surface area contributed by atoms with Crippen molar-refractivity contribution in [2.24, 2.45) is 18.0 Å². The zero-order valence-electron chi connectivity index (χ0n) is 17.5. The Bertz CT molecular complexity index is 739. The number of likely N-dealkylation sites (N-methyl/N-ethyl adjacent to an activating group) is 1. The van der Waals surface area contributed by atoms with Gasteiger partial charge in [-0.15, -0.1) is 24.0 Å². The molecule has 156 valence electrons. The Morgan fingerprint density at radius 2 is 2.21 bits per heavy atom. The maximum absolute atomic E-state index is 4.55. The van der Waals surface area contributed by atoms with E-state index in [0.29, 0.717) is 12.0 Å². The molecule has 3 unspecified atom stereocenters. The van der Waals surface area contributed by atoms with Crippen molar-refractivity contribution in [1.82, 2.24) is 34.4 Å². The van der Waals surface area contributed by atoms with Crippen LogP contribution in [-0.4, -0.2) is 75.9 Å². The third-order valence-corrected chi connectivity index (χ3v) is 5.52. The van der Waals surface area contributed by atoms with Crippen LogP contribution in [0, 0.1) is 5.92 Å². The summed E-state index contributed by atoms with van der Waals surface area (Å²) < 4.78 is 4.07. The topological polar surface area (TPSA) is 66.5 Å². The Morgan fingerprint density at radius 1 is 1.43 bits per heavy atom. The molecule has 3 heterocycles. The van der Waals surface area contributed by atoms with Crippen LogP contribution in [0.4, 0.5) is 0 Å². The zero-order valence-corrected chi connectivity index (χ0v) is 19.8. The van der Waals surface area contributed by atoms with Crippen LogP contribution in [0.5, 0.6) is 0 Å². The molecule has 2 aromatic rings.